The van der Waals surface area contributed by atoms with Crippen LogP contribution in [0.1, 0.15) is 19.8 Å². The highest BCUT2D eigenvalue weighted by molar-refractivity contribution is 6.44. The second kappa shape index (κ2) is 5.66. The van der Waals surface area contributed by atoms with E-state index in [1.54, 1.807) is 12.1 Å². The summed E-state index contributed by atoms with van der Waals surface area (Å²) in [6.45, 7) is 2.85. The van der Waals surface area contributed by atoms with Crippen molar-refractivity contribution in [2.45, 2.75) is 31.9 Å². The van der Waals surface area contributed by atoms with Crippen molar-refractivity contribution >= 4 is 40.5 Å². The molecule has 2 atom stereocenters. The van der Waals surface area contributed by atoms with E-state index < -0.39 is 0 Å². The molecule has 5 heteroatoms. The number of hydrogen-bond donors (Lipinski definition) is 1. The Labute approximate surface area is 116 Å². The van der Waals surface area contributed by atoms with Crippen LogP contribution >= 0.6 is 34.8 Å². The van der Waals surface area contributed by atoms with Crippen molar-refractivity contribution in [3.05, 3.63) is 27.2 Å². The van der Waals surface area contributed by atoms with Crippen LogP contribution in [-0.4, -0.2) is 18.8 Å². The van der Waals surface area contributed by atoms with Gasteiger partial charge in [-0.25, -0.2) is 0 Å². The van der Waals surface area contributed by atoms with E-state index in [1.165, 1.54) is 0 Å². The van der Waals surface area contributed by atoms with Gasteiger partial charge in [-0.1, -0.05) is 34.8 Å². The van der Waals surface area contributed by atoms with Crippen LogP contribution in [0.2, 0.25) is 15.1 Å². The van der Waals surface area contributed by atoms with Gasteiger partial charge in [0, 0.05) is 12.6 Å². The lowest BCUT2D eigenvalue weighted by Crippen LogP contribution is -2.32. The van der Waals surface area contributed by atoms with Gasteiger partial charge in [0.15, 0.2) is 0 Å². The third-order valence-electron chi connectivity index (χ3n) is 2.85. The Bertz CT molecular complexity index is 411. The van der Waals surface area contributed by atoms with Gasteiger partial charge in [-0.15, -0.1) is 0 Å². The number of benzene rings is 1. The first-order valence-electron chi connectivity index (χ1n) is 5.59. The zero-order chi connectivity index (χ0) is 12.4. The maximum absolute atomic E-state index is 6.12. The summed E-state index contributed by atoms with van der Waals surface area (Å²) >= 11 is 18.0. The summed E-state index contributed by atoms with van der Waals surface area (Å²) in [5, 5.41) is 4.98. The third-order valence-corrected chi connectivity index (χ3v) is 3.89. The minimum Gasteiger partial charge on any atom is -0.381 e. The lowest BCUT2D eigenvalue weighted by Gasteiger charge is -2.29. The Kier molecular flexibility index (Phi) is 4.42. The van der Waals surface area contributed by atoms with Gasteiger partial charge in [0.1, 0.15) is 0 Å². The lowest BCUT2D eigenvalue weighted by atomic mass is 10.0. The first-order valence-corrected chi connectivity index (χ1v) is 6.72. The molecule has 94 valence electrons. The molecule has 0 radical (unpaired) electrons. The second-order valence-corrected chi connectivity index (χ2v) is 5.51. The van der Waals surface area contributed by atoms with Crippen molar-refractivity contribution in [2.75, 3.05) is 11.9 Å². The molecule has 17 heavy (non-hydrogen) atoms. The van der Waals surface area contributed by atoms with Gasteiger partial charge in [0.25, 0.3) is 0 Å². The molecule has 0 amide bonds. The number of ether oxygens (including phenoxy) is 1. The van der Waals surface area contributed by atoms with E-state index in [-0.39, 0.29) is 6.10 Å². The molecule has 2 nitrogen and oxygen atoms in total. The molecular weight excluding hydrogens is 280 g/mol. The van der Waals surface area contributed by atoms with Gasteiger partial charge in [-0.05, 0) is 31.9 Å². The summed E-state index contributed by atoms with van der Waals surface area (Å²) < 4.78 is 5.50. The Balaban J connectivity index is 2.10. The standard InChI is InChI=1S/C12H14Cl3NO/c1-7-4-8(2-3-17-7)16-12-6-10(14)9(13)5-11(12)15/h5-8,16H,2-4H2,1H3. The average Bonchev–Trinajstić information content (AvgIpc) is 2.26. The van der Waals surface area contributed by atoms with Crippen LogP contribution in [0.5, 0.6) is 0 Å². The third kappa shape index (κ3) is 3.41. The summed E-state index contributed by atoms with van der Waals surface area (Å²) in [6.07, 6.45) is 2.22. The predicted octanol–water partition coefficient (Wildman–Crippen LogP) is 4.63. The van der Waals surface area contributed by atoms with Crippen LogP contribution in [0.25, 0.3) is 0 Å². The minimum atomic E-state index is 0.280. The molecule has 1 N–H and O–H groups in total. The average molecular weight is 295 g/mol. The minimum absolute atomic E-state index is 0.280. The monoisotopic (exact) mass is 293 g/mol. The Morgan fingerprint density at radius 3 is 2.59 bits per heavy atom. The Morgan fingerprint density at radius 2 is 1.88 bits per heavy atom. The molecule has 1 fully saturated rings. The van der Waals surface area contributed by atoms with E-state index in [1.807, 2.05) is 0 Å². The van der Waals surface area contributed by atoms with Crippen molar-refractivity contribution in [3.8, 4) is 0 Å². The maximum Gasteiger partial charge on any atom is 0.0653 e. The highest BCUT2D eigenvalue weighted by Crippen LogP contribution is 2.33. The van der Waals surface area contributed by atoms with Crippen LogP contribution in [0.15, 0.2) is 12.1 Å². The topological polar surface area (TPSA) is 21.3 Å². The lowest BCUT2D eigenvalue weighted by molar-refractivity contribution is 0.0232. The highest BCUT2D eigenvalue weighted by Gasteiger charge is 2.20. The number of rotatable bonds is 2. The van der Waals surface area contributed by atoms with Crippen LogP contribution in [0.3, 0.4) is 0 Å². The summed E-state index contributed by atoms with van der Waals surface area (Å²) in [7, 11) is 0. The molecular formula is C12H14Cl3NO. The van der Waals surface area contributed by atoms with Crippen molar-refractivity contribution in [1.29, 1.82) is 0 Å². The highest BCUT2D eigenvalue weighted by atomic mass is 35.5. The normalized spacial score (nSPS) is 24.7. The van der Waals surface area contributed by atoms with E-state index >= 15 is 0 Å². The zero-order valence-corrected chi connectivity index (χ0v) is 11.7. The second-order valence-electron chi connectivity index (χ2n) is 4.29. The van der Waals surface area contributed by atoms with E-state index in [2.05, 4.69) is 12.2 Å². The fourth-order valence-corrected chi connectivity index (χ4v) is 2.58. The quantitative estimate of drug-likeness (QED) is 0.803. The number of nitrogens with one attached hydrogen (secondary N) is 1. The van der Waals surface area contributed by atoms with Gasteiger partial charge in [-0.3, -0.25) is 0 Å². The molecule has 0 saturated carbocycles. The van der Waals surface area contributed by atoms with E-state index in [4.69, 9.17) is 39.5 Å². The largest absolute Gasteiger partial charge is 0.381 e. The molecule has 0 bridgehead atoms. The van der Waals surface area contributed by atoms with E-state index in [0.29, 0.717) is 21.1 Å². The van der Waals surface area contributed by atoms with E-state index in [9.17, 15) is 0 Å². The molecule has 2 unspecified atom stereocenters. The molecule has 1 aliphatic heterocycles. The number of anilines is 1. The van der Waals surface area contributed by atoms with Gasteiger partial charge in [0.2, 0.25) is 0 Å². The van der Waals surface area contributed by atoms with Crippen LogP contribution in [0, 0.1) is 0 Å². The Morgan fingerprint density at radius 1 is 1.18 bits per heavy atom. The molecule has 2 rings (SSSR count). The summed E-state index contributed by atoms with van der Waals surface area (Å²) in [4.78, 5) is 0. The molecule has 1 saturated heterocycles. The van der Waals surface area contributed by atoms with Crippen molar-refractivity contribution in [3.63, 3.8) is 0 Å². The molecule has 1 heterocycles. The van der Waals surface area contributed by atoms with Gasteiger partial charge < -0.3 is 10.1 Å². The van der Waals surface area contributed by atoms with Gasteiger partial charge in [-0.2, -0.15) is 0 Å². The SMILES string of the molecule is CC1CC(Nc2cc(Cl)c(Cl)cc2Cl)CCO1. The molecule has 0 aromatic heterocycles. The molecule has 1 aliphatic rings. The van der Waals surface area contributed by atoms with Crippen molar-refractivity contribution < 1.29 is 4.74 Å². The van der Waals surface area contributed by atoms with Crippen LogP contribution in [0.4, 0.5) is 5.69 Å². The summed E-state index contributed by atoms with van der Waals surface area (Å²) in [5.41, 5.74) is 0.833. The number of halogens is 3. The first-order chi connectivity index (χ1) is 8.06. The van der Waals surface area contributed by atoms with Crippen molar-refractivity contribution in [1.82, 2.24) is 0 Å². The fraction of sp³-hybridized carbons (Fsp3) is 0.500. The zero-order valence-electron chi connectivity index (χ0n) is 9.47. The Hall–Kier alpha value is -0.150. The molecule has 1 aromatic carbocycles. The van der Waals surface area contributed by atoms with Crippen LogP contribution in [-0.2, 0) is 4.74 Å². The summed E-state index contributed by atoms with van der Waals surface area (Å²) in [6, 6.07) is 3.80. The smallest absolute Gasteiger partial charge is 0.0653 e. The first kappa shape index (κ1) is 13.3. The van der Waals surface area contributed by atoms with E-state index in [0.717, 1.165) is 25.1 Å². The van der Waals surface area contributed by atoms with Gasteiger partial charge in [0.05, 0.1) is 26.9 Å². The maximum atomic E-state index is 6.12. The number of hydrogen-bond acceptors (Lipinski definition) is 2. The molecule has 1 aromatic rings. The fourth-order valence-electron chi connectivity index (χ4n) is 1.98. The predicted molar refractivity (Wildman–Crippen MR) is 73.5 cm³/mol. The van der Waals surface area contributed by atoms with Gasteiger partial charge >= 0.3 is 0 Å². The van der Waals surface area contributed by atoms with Crippen LogP contribution < -0.4 is 5.32 Å². The van der Waals surface area contributed by atoms with Crippen molar-refractivity contribution in [2.24, 2.45) is 0 Å². The summed E-state index contributed by atoms with van der Waals surface area (Å²) in [5.74, 6) is 0. The molecule has 0 spiro atoms. The molecule has 0 aliphatic carbocycles.